The number of hydrogen-bond donors (Lipinski definition) is 0. The minimum Gasteiger partial charge on any atom is -0.376 e. The summed E-state index contributed by atoms with van der Waals surface area (Å²) in [5.41, 5.74) is 0. The zero-order valence-electron chi connectivity index (χ0n) is 6.75. The number of rotatable bonds is 2. The minimum atomic E-state index is 0.188. The summed E-state index contributed by atoms with van der Waals surface area (Å²) >= 11 is 4.53. The minimum absolute atomic E-state index is 0.188. The number of aliphatic imine (C=N–C) groups is 1. The van der Waals surface area contributed by atoms with Gasteiger partial charge in [-0.15, -0.1) is 0 Å². The molecular formula is C8H13NOS. The van der Waals surface area contributed by atoms with Crippen molar-refractivity contribution >= 4 is 17.4 Å². The Hall–Kier alpha value is -0.240. The van der Waals surface area contributed by atoms with Gasteiger partial charge in [-0.1, -0.05) is 0 Å². The highest BCUT2D eigenvalue weighted by atomic mass is 32.1. The predicted octanol–water partition coefficient (Wildman–Crippen LogP) is 2.05. The molecule has 1 rings (SSSR count). The summed E-state index contributed by atoms with van der Waals surface area (Å²) in [7, 11) is 0. The van der Waals surface area contributed by atoms with Gasteiger partial charge in [0, 0.05) is 6.61 Å². The van der Waals surface area contributed by atoms with Gasteiger partial charge in [0.1, 0.15) is 0 Å². The Kier molecular flexibility index (Phi) is 3.70. The second kappa shape index (κ2) is 4.60. The zero-order valence-corrected chi connectivity index (χ0v) is 7.56. The van der Waals surface area contributed by atoms with Crippen LogP contribution in [-0.2, 0) is 4.74 Å². The third-order valence-electron chi connectivity index (χ3n) is 2.01. The first-order chi connectivity index (χ1) is 5.34. The molecule has 1 saturated heterocycles. The molecule has 1 heterocycles. The van der Waals surface area contributed by atoms with E-state index < -0.39 is 0 Å². The lowest BCUT2D eigenvalue weighted by Gasteiger charge is -2.24. The van der Waals surface area contributed by atoms with Gasteiger partial charge in [-0.3, -0.25) is 0 Å². The lowest BCUT2D eigenvalue weighted by atomic mass is 10.0. The fraction of sp³-hybridized carbons (Fsp3) is 0.875. The third kappa shape index (κ3) is 2.70. The molecular weight excluding hydrogens is 158 g/mol. The van der Waals surface area contributed by atoms with Crippen LogP contribution in [0.5, 0.6) is 0 Å². The maximum atomic E-state index is 5.51. The predicted molar refractivity (Wildman–Crippen MR) is 48.1 cm³/mol. The normalized spacial score (nSPS) is 27.2. The molecule has 1 aliphatic rings. The lowest BCUT2D eigenvalue weighted by molar-refractivity contribution is 0.00469. The zero-order chi connectivity index (χ0) is 8.10. The molecule has 0 saturated carbocycles. The first kappa shape index (κ1) is 8.85. The first-order valence-corrected chi connectivity index (χ1v) is 4.44. The van der Waals surface area contributed by atoms with Crippen LogP contribution < -0.4 is 0 Å². The average molecular weight is 171 g/mol. The van der Waals surface area contributed by atoms with E-state index >= 15 is 0 Å². The Bertz CT molecular complexity index is 159. The standard InChI is InChI=1S/C8H13NOS/c1-7(9-6-11)8-4-2-3-5-10-8/h7-8H,2-5H2,1H3/t7-,8+/m1/s1. The molecule has 0 radical (unpaired) electrons. The van der Waals surface area contributed by atoms with Crippen molar-refractivity contribution in [2.24, 2.45) is 4.99 Å². The molecule has 62 valence electrons. The van der Waals surface area contributed by atoms with Crippen LogP contribution in [0.3, 0.4) is 0 Å². The van der Waals surface area contributed by atoms with Gasteiger partial charge in [-0.2, -0.15) is 0 Å². The molecule has 11 heavy (non-hydrogen) atoms. The van der Waals surface area contributed by atoms with E-state index in [0.717, 1.165) is 13.0 Å². The Morgan fingerprint density at radius 1 is 1.64 bits per heavy atom. The van der Waals surface area contributed by atoms with Crippen molar-refractivity contribution in [2.75, 3.05) is 6.61 Å². The number of nitrogens with zero attached hydrogens (tertiary/aromatic N) is 1. The van der Waals surface area contributed by atoms with E-state index in [9.17, 15) is 0 Å². The summed E-state index contributed by atoms with van der Waals surface area (Å²) in [4.78, 5) is 3.99. The van der Waals surface area contributed by atoms with E-state index in [1.807, 2.05) is 6.92 Å². The molecule has 0 amide bonds. The van der Waals surface area contributed by atoms with Crippen LogP contribution >= 0.6 is 12.2 Å². The highest BCUT2D eigenvalue weighted by molar-refractivity contribution is 7.78. The molecule has 0 aromatic rings. The second-order valence-corrected chi connectivity index (χ2v) is 3.05. The van der Waals surface area contributed by atoms with Crippen LogP contribution in [0.25, 0.3) is 0 Å². The number of ether oxygens (including phenoxy) is 1. The number of isothiocyanates is 1. The van der Waals surface area contributed by atoms with Crippen LogP contribution in [0.1, 0.15) is 26.2 Å². The highest BCUT2D eigenvalue weighted by Gasteiger charge is 2.19. The summed E-state index contributed by atoms with van der Waals surface area (Å²) in [6, 6.07) is 0.188. The molecule has 0 N–H and O–H groups in total. The van der Waals surface area contributed by atoms with E-state index in [0.29, 0.717) is 0 Å². The fourth-order valence-electron chi connectivity index (χ4n) is 1.31. The van der Waals surface area contributed by atoms with Crippen LogP contribution in [0.4, 0.5) is 0 Å². The van der Waals surface area contributed by atoms with Crippen molar-refractivity contribution in [3.63, 3.8) is 0 Å². The maximum Gasteiger partial charge on any atom is 0.0836 e. The molecule has 0 aromatic heterocycles. The molecule has 2 atom stereocenters. The van der Waals surface area contributed by atoms with Gasteiger partial charge in [0.15, 0.2) is 0 Å². The molecule has 2 nitrogen and oxygen atoms in total. The molecule has 0 aliphatic carbocycles. The van der Waals surface area contributed by atoms with Gasteiger partial charge < -0.3 is 4.74 Å². The Morgan fingerprint density at radius 3 is 3.00 bits per heavy atom. The van der Waals surface area contributed by atoms with Crippen molar-refractivity contribution in [2.45, 2.75) is 38.3 Å². The molecule has 0 unspecified atom stereocenters. The summed E-state index contributed by atoms with van der Waals surface area (Å²) in [5.74, 6) is 0. The van der Waals surface area contributed by atoms with E-state index in [2.05, 4.69) is 22.4 Å². The molecule has 0 spiro atoms. The van der Waals surface area contributed by atoms with Crippen LogP contribution in [0, 0.1) is 0 Å². The Labute approximate surface area is 72.7 Å². The monoisotopic (exact) mass is 171 g/mol. The number of hydrogen-bond acceptors (Lipinski definition) is 3. The van der Waals surface area contributed by atoms with E-state index in [4.69, 9.17) is 4.74 Å². The summed E-state index contributed by atoms with van der Waals surface area (Å²) in [6.45, 7) is 2.90. The summed E-state index contributed by atoms with van der Waals surface area (Å²) < 4.78 is 5.51. The second-order valence-electron chi connectivity index (χ2n) is 2.87. The first-order valence-electron chi connectivity index (χ1n) is 4.03. The highest BCUT2D eigenvalue weighted by Crippen LogP contribution is 2.16. The van der Waals surface area contributed by atoms with E-state index in [-0.39, 0.29) is 12.1 Å². The SMILES string of the molecule is C[C@@H](N=C=S)[C@@H]1CCCCO1. The quantitative estimate of drug-likeness (QED) is 0.468. The lowest BCUT2D eigenvalue weighted by Crippen LogP contribution is -2.28. The van der Waals surface area contributed by atoms with Crippen molar-refractivity contribution in [3.05, 3.63) is 0 Å². The smallest absolute Gasteiger partial charge is 0.0836 e. The largest absolute Gasteiger partial charge is 0.376 e. The average Bonchev–Trinajstić information content (AvgIpc) is 2.07. The summed E-state index contributed by atoms with van der Waals surface area (Å²) in [6.07, 6.45) is 3.83. The Balaban J connectivity index is 2.38. The van der Waals surface area contributed by atoms with Gasteiger partial charge in [0.2, 0.25) is 0 Å². The van der Waals surface area contributed by atoms with Gasteiger partial charge in [-0.05, 0) is 38.4 Å². The third-order valence-corrected chi connectivity index (χ3v) is 2.11. The molecule has 0 bridgehead atoms. The number of thiocarbonyl (C=S) groups is 1. The maximum absolute atomic E-state index is 5.51. The van der Waals surface area contributed by atoms with Gasteiger partial charge in [0.05, 0.1) is 17.3 Å². The molecule has 1 aliphatic heterocycles. The van der Waals surface area contributed by atoms with Gasteiger partial charge in [0.25, 0.3) is 0 Å². The van der Waals surface area contributed by atoms with Crippen molar-refractivity contribution < 1.29 is 4.74 Å². The molecule has 3 heteroatoms. The van der Waals surface area contributed by atoms with Crippen molar-refractivity contribution in [3.8, 4) is 0 Å². The van der Waals surface area contributed by atoms with E-state index in [1.165, 1.54) is 12.8 Å². The topological polar surface area (TPSA) is 21.6 Å². The Morgan fingerprint density at radius 2 is 2.45 bits per heavy atom. The van der Waals surface area contributed by atoms with Crippen LogP contribution in [-0.4, -0.2) is 23.9 Å². The van der Waals surface area contributed by atoms with Crippen LogP contribution in [0.15, 0.2) is 4.99 Å². The van der Waals surface area contributed by atoms with Crippen molar-refractivity contribution in [1.82, 2.24) is 0 Å². The van der Waals surface area contributed by atoms with E-state index in [1.54, 1.807) is 0 Å². The van der Waals surface area contributed by atoms with Crippen molar-refractivity contribution in [1.29, 1.82) is 0 Å². The van der Waals surface area contributed by atoms with Crippen LogP contribution in [0.2, 0.25) is 0 Å². The molecule has 1 fully saturated rings. The molecule has 0 aromatic carbocycles. The fourth-order valence-corrected chi connectivity index (χ4v) is 1.48. The van der Waals surface area contributed by atoms with Gasteiger partial charge in [-0.25, -0.2) is 4.99 Å². The van der Waals surface area contributed by atoms with Gasteiger partial charge >= 0.3 is 0 Å². The summed E-state index contributed by atoms with van der Waals surface area (Å²) in [5, 5.41) is 2.39.